The summed E-state index contributed by atoms with van der Waals surface area (Å²) in [6.07, 6.45) is 0. The lowest BCUT2D eigenvalue weighted by Crippen LogP contribution is -2.31. The van der Waals surface area contributed by atoms with Gasteiger partial charge in [0.1, 0.15) is 0 Å². The van der Waals surface area contributed by atoms with Crippen molar-refractivity contribution in [2.24, 2.45) is 0 Å². The zero-order chi connectivity index (χ0) is 21.0. The molecule has 1 N–H and O–H groups in total. The van der Waals surface area contributed by atoms with E-state index in [0.717, 1.165) is 22.4 Å². The molecule has 7 heteroatoms. The number of rotatable bonds is 6. The first kappa shape index (κ1) is 20.3. The van der Waals surface area contributed by atoms with Crippen molar-refractivity contribution in [1.29, 1.82) is 0 Å². The van der Waals surface area contributed by atoms with Gasteiger partial charge in [-0.3, -0.25) is 4.79 Å². The molecule has 1 amide bonds. The van der Waals surface area contributed by atoms with Crippen molar-refractivity contribution in [2.75, 3.05) is 6.61 Å². The third kappa shape index (κ3) is 4.87. The molecule has 0 radical (unpaired) electrons. The second-order valence-electron chi connectivity index (χ2n) is 6.99. The minimum atomic E-state index is -0.680. The number of ether oxygens (including phenoxy) is 1. The zero-order valence-electron chi connectivity index (χ0n) is 17.0. The molecule has 0 spiro atoms. The van der Waals surface area contributed by atoms with Crippen molar-refractivity contribution in [3.05, 3.63) is 76.6 Å². The Morgan fingerprint density at radius 1 is 1.07 bits per heavy atom. The number of carbonyl (C=O) groups is 2. The summed E-state index contributed by atoms with van der Waals surface area (Å²) in [7, 11) is 0. The maximum absolute atomic E-state index is 12.4. The van der Waals surface area contributed by atoms with Crippen LogP contribution >= 0.6 is 0 Å². The number of hydrogen-bond donors (Lipinski definition) is 1. The van der Waals surface area contributed by atoms with Crippen LogP contribution in [0.1, 0.15) is 45.8 Å². The molecule has 0 aliphatic carbocycles. The van der Waals surface area contributed by atoms with Crippen LogP contribution in [0.4, 0.5) is 0 Å². The van der Waals surface area contributed by atoms with Crippen molar-refractivity contribution < 1.29 is 14.3 Å². The third-order valence-corrected chi connectivity index (χ3v) is 4.55. The van der Waals surface area contributed by atoms with Crippen LogP contribution in [0.3, 0.4) is 0 Å². The maximum Gasteiger partial charge on any atom is 0.361 e. The van der Waals surface area contributed by atoms with Crippen molar-refractivity contribution in [1.82, 2.24) is 20.3 Å². The second-order valence-corrected chi connectivity index (χ2v) is 6.99. The highest BCUT2D eigenvalue weighted by molar-refractivity contribution is 5.90. The van der Waals surface area contributed by atoms with E-state index in [9.17, 15) is 9.59 Å². The van der Waals surface area contributed by atoms with Gasteiger partial charge < -0.3 is 10.1 Å². The van der Waals surface area contributed by atoms with Crippen LogP contribution in [0.5, 0.6) is 0 Å². The van der Waals surface area contributed by atoms with Gasteiger partial charge in [-0.05, 0) is 44.9 Å². The van der Waals surface area contributed by atoms with Gasteiger partial charge in [-0.15, -0.1) is 5.10 Å². The molecular formula is C22H24N4O3. The summed E-state index contributed by atoms with van der Waals surface area (Å²) in [6.45, 7) is 7.13. The van der Waals surface area contributed by atoms with Crippen LogP contribution in [-0.4, -0.2) is 33.5 Å². The van der Waals surface area contributed by atoms with Crippen molar-refractivity contribution in [3.63, 3.8) is 0 Å². The topological polar surface area (TPSA) is 86.1 Å². The molecule has 150 valence electrons. The highest BCUT2D eigenvalue weighted by Crippen LogP contribution is 2.16. The molecule has 0 aliphatic heterocycles. The Bertz CT molecular complexity index is 1030. The predicted octanol–water partition coefficient (Wildman–Crippen LogP) is 3.23. The number of esters is 1. The highest BCUT2D eigenvalue weighted by Gasteiger charge is 2.20. The molecule has 0 aliphatic rings. The van der Waals surface area contributed by atoms with Crippen LogP contribution in [0, 0.1) is 20.8 Å². The van der Waals surface area contributed by atoms with Crippen LogP contribution in [0.25, 0.3) is 5.69 Å². The van der Waals surface area contributed by atoms with Gasteiger partial charge in [0.2, 0.25) is 0 Å². The molecule has 1 aromatic heterocycles. The smallest absolute Gasteiger partial charge is 0.361 e. The molecule has 2 aromatic carbocycles. The zero-order valence-corrected chi connectivity index (χ0v) is 17.0. The Labute approximate surface area is 169 Å². The van der Waals surface area contributed by atoms with Crippen molar-refractivity contribution in [3.8, 4) is 5.69 Å². The van der Waals surface area contributed by atoms with Gasteiger partial charge in [0.15, 0.2) is 12.3 Å². The van der Waals surface area contributed by atoms with Gasteiger partial charge in [0.25, 0.3) is 5.91 Å². The monoisotopic (exact) mass is 392 g/mol. The Hall–Kier alpha value is -3.48. The molecule has 0 saturated carbocycles. The van der Waals surface area contributed by atoms with Gasteiger partial charge in [0.05, 0.1) is 17.4 Å². The van der Waals surface area contributed by atoms with Crippen molar-refractivity contribution >= 4 is 11.9 Å². The number of carbonyl (C=O) groups excluding carboxylic acids is 2. The lowest BCUT2D eigenvalue weighted by atomic mass is 10.1. The summed E-state index contributed by atoms with van der Waals surface area (Å²) in [5.74, 6) is -1.06. The van der Waals surface area contributed by atoms with Crippen LogP contribution in [0.2, 0.25) is 0 Å². The van der Waals surface area contributed by atoms with Crippen LogP contribution in [-0.2, 0) is 9.53 Å². The standard InChI is InChI=1S/C22H24N4O3/c1-14-10-11-19(15(2)12-14)26-24-17(4)21(25-26)22(28)29-13-20(27)23-16(3)18-8-6-5-7-9-18/h5-12,16H,13H2,1-4H3,(H,23,27)/t16-/m1/s1. The quantitative estimate of drug-likeness (QED) is 0.651. The Morgan fingerprint density at radius 3 is 2.48 bits per heavy atom. The number of aromatic nitrogens is 3. The summed E-state index contributed by atoms with van der Waals surface area (Å²) in [5.41, 5.74) is 4.41. The van der Waals surface area contributed by atoms with Gasteiger partial charge >= 0.3 is 5.97 Å². The Kier molecular flexibility index (Phi) is 6.07. The number of amides is 1. The summed E-state index contributed by atoms with van der Waals surface area (Å²) < 4.78 is 5.14. The number of nitrogens with one attached hydrogen (secondary N) is 1. The van der Waals surface area contributed by atoms with Crippen LogP contribution < -0.4 is 5.32 Å². The maximum atomic E-state index is 12.4. The SMILES string of the molecule is Cc1ccc(-n2nc(C)c(C(=O)OCC(=O)N[C@H](C)c3ccccc3)n2)c(C)c1. The first-order chi connectivity index (χ1) is 13.8. The van der Waals surface area contributed by atoms with E-state index in [-0.39, 0.29) is 24.2 Å². The number of nitrogens with zero attached hydrogens (tertiary/aromatic N) is 3. The van der Waals surface area contributed by atoms with E-state index in [0.29, 0.717) is 5.69 Å². The lowest BCUT2D eigenvalue weighted by Gasteiger charge is -2.14. The van der Waals surface area contributed by atoms with E-state index in [4.69, 9.17) is 4.74 Å². The Morgan fingerprint density at radius 2 is 1.79 bits per heavy atom. The lowest BCUT2D eigenvalue weighted by molar-refractivity contribution is -0.124. The van der Waals surface area contributed by atoms with Gasteiger partial charge in [-0.2, -0.15) is 9.90 Å². The Balaban J connectivity index is 1.62. The number of hydrogen-bond acceptors (Lipinski definition) is 5. The molecule has 0 unspecified atom stereocenters. The molecule has 3 rings (SSSR count). The van der Waals surface area contributed by atoms with E-state index < -0.39 is 5.97 Å². The fourth-order valence-corrected chi connectivity index (χ4v) is 3.01. The third-order valence-electron chi connectivity index (χ3n) is 4.55. The molecule has 0 saturated heterocycles. The molecule has 29 heavy (non-hydrogen) atoms. The first-order valence-electron chi connectivity index (χ1n) is 9.38. The van der Waals surface area contributed by atoms with E-state index in [1.54, 1.807) is 6.92 Å². The number of benzene rings is 2. The predicted molar refractivity (Wildman–Crippen MR) is 109 cm³/mol. The molecule has 7 nitrogen and oxygen atoms in total. The summed E-state index contributed by atoms with van der Waals surface area (Å²) in [6, 6.07) is 15.2. The first-order valence-corrected chi connectivity index (χ1v) is 9.38. The van der Waals surface area contributed by atoms with Crippen molar-refractivity contribution in [2.45, 2.75) is 33.7 Å². The molecule has 1 atom stereocenters. The van der Waals surface area contributed by atoms with Crippen LogP contribution in [0.15, 0.2) is 48.5 Å². The van der Waals surface area contributed by atoms with E-state index in [2.05, 4.69) is 15.5 Å². The molecule has 1 heterocycles. The minimum absolute atomic E-state index is 0.0916. The normalized spacial score (nSPS) is 11.7. The summed E-state index contributed by atoms with van der Waals surface area (Å²) in [4.78, 5) is 25.9. The van der Waals surface area contributed by atoms with E-state index in [1.807, 2.05) is 69.3 Å². The average Bonchev–Trinajstić information content (AvgIpc) is 3.08. The molecular weight excluding hydrogens is 368 g/mol. The second kappa shape index (κ2) is 8.68. The average molecular weight is 392 g/mol. The van der Waals surface area contributed by atoms with E-state index >= 15 is 0 Å². The highest BCUT2D eigenvalue weighted by atomic mass is 16.5. The fourth-order valence-electron chi connectivity index (χ4n) is 3.01. The summed E-state index contributed by atoms with van der Waals surface area (Å²) >= 11 is 0. The molecule has 0 fully saturated rings. The van der Waals surface area contributed by atoms with Gasteiger partial charge in [-0.1, -0.05) is 48.0 Å². The van der Waals surface area contributed by atoms with Gasteiger partial charge in [0, 0.05) is 0 Å². The summed E-state index contributed by atoms with van der Waals surface area (Å²) in [5, 5.41) is 11.4. The number of aryl methyl sites for hydroxylation is 3. The molecule has 0 bridgehead atoms. The minimum Gasteiger partial charge on any atom is -0.451 e. The largest absolute Gasteiger partial charge is 0.451 e. The molecule has 3 aromatic rings. The van der Waals surface area contributed by atoms with E-state index in [1.165, 1.54) is 4.80 Å². The fraction of sp³-hybridized carbons (Fsp3) is 0.273. The van der Waals surface area contributed by atoms with Gasteiger partial charge in [-0.25, -0.2) is 4.79 Å².